The van der Waals surface area contributed by atoms with Crippen molar-refractivity contribution in [2.24, 2.45) is 0 Å². The molecule has 2 nitrogen and oxygen atoms in total. The fourth-order valence-electron chi connectivity index (χ4n) is 0.606. The molecule has 0 aliphatic heterocycles. The maximum absolute atomic E-state index is 8.55. The standard InChI is InChI=1S/C7H13Cl2NO/c1-6(2-3-11)10-5-7(9)4-8/h4,6,10-11H,2-3,5H2,1H3. The first-order valence-electron chi connectivity index (χ1n) is 3.49. The Bertz CT molecular complexity index is 128. The zero-order chi connectivity index (χ0) is 8.69. The van der Waals surface area contributed by atoms with E-state index < -0.39 is 0 Å². The summed E-state index contributed by atoms with van der Waals surface area (Å²) in [5.41, 5.74) is 1.33. The summed E-state index contributed by atoms with van der Waals surface area (Å²) in [6.07, 6.45) is 0.729. The van der Waals surface area contributed by atoms with Crippen LogP contribution in [0.3, 0.4) is 0 Å². The van der Waals surface area contributed by atoms with Crippen LogP contribution in [0.2, 0.25) is 0 Å². The molecule has 0 saturated carbocycles. The van der Waals surface area contributed by atoms with Crippen molar-refractivity contribution in [1.82, 2.24) is 5.32 Å². The lowest BCUT2D eigenvalue weighted by Gasteiger charge is -2.10. The number of aliphatic hydroxyl groups excluding tert-OH is 1. The summed E-state index contributed by atoms with van der Waals surface area (Å²) in [4.78, 5) is 0. The highest BCUT2D eigenvalue weighted by Gasteiger charge is 1.99. The van der Waals surface area contributed by atoms with Gasteiger partial charge in [0.2, 0.25) is 0 Å². The lowest BCUT2D eigenvalue weighted by atomic mass is 10.2. The van der Waals surface area contributed by atoms with Gasteiger partial charge in [-0.25, -0.2) is 0 Å². The van der Waals surface area contributed by atoms with E-state index in [9.17, 15) is 0 Å². The molecule has 0 aromatic heterocycles. The molecular formula is C7H13Cl2NO. The minimum atomic E-state index is 0.191. The van der Waals surface area contributed by atoms with E-state index in [2.05, 4.69) is 5.32 Å². The average Bonchev–Trinajstić information content (AvgIpc) is 2.01. The molecule has 0 fully saturated rings. The van der Waals surface area contributed by atoms with Crippen LogP contribution < -0.4 is 5.32 Å². The van der Waals surface area contributed by atoms with Crippen molar-refractivity contribution < 1.29 is 5.11 Å². The number of nitrogens with one attached hydrogen (secondary N) is 1. The van der Waals surface area contributed by atoms with Crippen molar-refractivity contribution in [2.45, 2.75) is 19.4 Å². The van der Waals surface area contributed by atoms with Crippen LogP contribution in [-0.2, 0) is 0 Å². The van der Waals surface area contributed by atoms with E-state index in [1.54, 1.807) is 0 Å². The number of aliphatic hydroxyl groups is 1. The van der Waals surface area contributed by atoms with Gasteiger partial charge in [0, 0.05) is 29.8 Å². The van der Waals surface area contributed by atoms with Crippen LogP contribution in [0.4, 0.5) is 0 Å². The molecule has 1 atom stereocenters. The molecule has 11 heavy (non-hydrogen) atoms. The van der Waals surface area contributed by atoms with Crippen LogP contribution in [0.25, 0.3) is 0 Å². The molecule has 2 N–H and O–H groups in total. The third-order valence-electron chi connectivity index (χ3n) is 1.30. The van der Waals surface area contributed by atoms with Gasteiger partial charge in [0.25, 0.3) is 0 Å². The number of hydrogen-bond donors (Lipinski definition) is 2. The molecule has 0 aliphatic carbocycles. The normalized spacial score (nSPS) is 15.1. The van der Waals surface area contributed by atoms with Crippen LogP contribution in [0.1, 0.15) is 13.3 Å². The molecule has 4 heteroatoms. The molecule has 0 bridgehead atoms. The Kier molecular flexibility index (Phi) is 7.07. The molecule has 0 aromatic rings. The summed E-state index contributed by atoms with van der Waals surface area (Å²) in [7, 11) is 0. The van der Waals surface area contributed by atoms with Crippen LogP contribution >= 0.6 is 23.2 Å². The van der Waals surface area contributed by atoms with Crippen molar-refractivity contribution >= 4 is 23.2 Å². The Morgan fingerprint density at radius 3 is 2.82 bits per heavy atom. The first kappa shape index (κ1) is 11.2. The van der Waals surface area contributed by atoms with Gasteiger partial charge in [-0.1, -0.05) is 23.2 Å². The predicted octanol–water partition coefficient (Wildman–Crippen LogP) is 1.67. The largest absolute Gasteiger partial charge is 0.396 e. The smallest absolute Gasteiger partial charge is 0.0445 e. The topological polar surface area (TPSA) is 32.3 Å². The van der Waals surface area contributed by atoms with Crippen LogP contribution in [-0.4, -0.2) is 24.3 Å². The Balaban J connectivity index is 3.37. The minimum Gasteiger partial charge on any atom is -0.396 e. The van der Waals surface area contributed by atoms with Gasteiger partial charge in [0.15, 0.2) is 0 Å². The molecule has 0 radical (unpaired) electrons. The monoisotopic (exact) mass is 197 g/mol. The van der Waals surface area contributed by atoms with Gasteiger partial charge in [-0.2, -0.15) is 0 Å². The average molecular weight is 198 g/mol. The summed E-state index contributed by atoms with van der Waals surface area (Å²) in [6.45, 7) is 2.73. The number of hydrogen-bond acceptors (Lipinski definition) is 2. The first-order chi connectivity index (χ1) is 5.20. The third-order valence-corrected chi connectivity index (χ3v) is 1.92. The lowest BCUT2D eigenvalue weighted by molar-refractivity contribution is 0.270. The molecular weight excluding hydrogens is 185 g/mol. The first-order valence-corrected chi connectivity index (χ1v) is 4.31. The third kappa shape index (κ3) is 6.63. The SMILES string of the molecule is CC(CCO)NCC(Cl)=CCl. The summed E-state index contributed by atoms with van der Waals surface area (Å²) >= 11 is 10.9. The maximum atomic E-state index is 8.55. The van der Waals surface area contributed by atoms with Gasteiger partial charge >= 0.3 is 0 Å². The second kappa shape index (κ2) is 6.92. The van der Waals surface area contributed by atoms with E-state index in [1.807, 2.05) is 6.92 Å². The fraction of sp³-hybridized carbons (Fsp3) is 0.714. The fourth-order valence-corrected chi connectivity index (χ4v) is 0.760. The Hall–Kier alpha value is 0.240. The minimum absolute atomic E-state index is 0.191. The molecule has 0 saturated heterocycles. The van der Waals surface area contributed by atoms with Gasteiger partial charge < -0.3 is 10.4 Å². The van der Waals surface area contributed by atoms with E-state index >= 15 is 0 Å². The molecule has 1 unspecified atom stereocenters. The van der Waals surface area contributed by atoms with E-state index in [-0.39, 0.29) is 12.6 Å². The van der Waals surface area contributed by atoms with Gasteiger partial charge in [-0.05, 0) is 13.3 Å². The highest BCUT2D eigenvalue weighted by molar-refractivity contribution is 6.36. The van der Waals surface area contributed by atoms with Crippen molar-refractivity contribution in [3.05, 3.63) is 10.6 Å². The molecule has 0 spiro atoms. The van der Waals surface area contributed by atoms with Crippen molar-refractivity contribution in [2.75, 3.05) is 13.2 Å². The summed E-state index contributed by atoms with van der Waals surface area (Å²) in [5.74, 6) is 0. The van der Waals surface area contributed by atoms with Crippen molar-refractivity contribution in [1.29, 1.82) is 0 Å². The Morgan fingerprint density at radius 1 is 1.73 bits per heavy atom. The summed E-state index contributed by atoms with van der Waals surface area (Å²) < 4.78 is 0. The highest BCUT2D eigenvalue weighted by Crippen LogP contribution is 2.01. The van der Waals surface area contributed by atoms with Gasteiger partial charge in [0.05, 0.1) is 0 Å². The van der Waals surface area contributed by atoms with Gasteiger partial charge in [-0.3, -0.25) is 0 Å². The molecule has 0 rings (SSSR count). The van der Waals surface area contributed by atoms with Gasteiger partial charge in [0.1, 0.15) is 0 Å². The van der Waals surface area contributed by atoms with Crippen LogP contribution in [0.15, 0.2) is 10.6 Å². The molecule has 0 heterocycles. The van der Waals surface area contributed by atoms with Crippen LogP contribution in [0.5, 0.6) is 0 Å². The zero-order valence-corrected chi connectivity index (χ0v) is 7.99. The van der Waals surface area contributed by atoms with Crippen LogP contribution in [0, 0.1) is 0 Å². The second-order valence-electron chi connectivity index (χ2n) is 2.35. The number of halogens is 2. The Labute approximate surface area is 77.2 Å². The van der Waals surface area contributed by atoms with E-state index in [0.29, 0.717) is 11.6 Å². The Morgan fingerprint density at radius 2 is 2.36 bits per heavy atom. The number of rotatable bonds is 5. The molecule has 66 valence electrons. The van der Waals surface area contributed by atoms with E-state index in [4.69, 9.17) is 28.3 Å². The zero-order valence-electron chi connectivity index (χ0n) is 6.48. The van der Waals surface area contributed by atoms with Crippen molar-refractivity contribution in [3.63, 3.8) is 0 Å². The summed E-state index contributed by atoms with van der Waals surface area (Å²) in [6, 6.07) is 0.269. The molecule has 0 aromatic carbocycles. The lowest BCUT2D eigenvalue weighted by Crippen LogP contribution is -2.27. The summed E-state index contributed by atoms with van der Waals surface area (Å²) in [5, 5.41) is 12.2. The molecule has 0 aliphatic rings. The van der Waals surface area contributed by atoms with Crippen molar-refractivity contribution in [3.8, 4) is 0 Å². The van der Waals surface area contributed by atoms with E-state index in [0.717, 1.165) is 6.42 Å². The highest BCUT2D eigenvalue weighted by atomic mass is 35.5. The predicted molar refractivity (Wildman–Crippen MR) is 49.0 cm³/mol. The molecule has 0 amide bonds. The van der Waals surface area contributed by atoms with E-state index in [1.165, 1.54) is 5.54 Å². The second-order valence-corrected chi connectivity index (χ2v) is 3.05. The van der Waals surface area contributed by atoms with Gasteiger partial charge in [-0.15, -0.1) is 0 Å². The maximum Gasteiger partial charge on any atom is 0.0445 e. The quantitative estimate of drug-likeness (QED) is 0.704.